The molecule has 0 radical (unpaired) electrons. The highest BCUT2D eigenvalue weighted by Crippen LogP contribution is 2.23. The van der Waals surface area contributed by atoms with Crippen LogP contribution in [-0.2, 0) is 14.3 Å². The van der Waals surface area contributed by atoms with Gasteiger partial charge in [-0.3, -0.25) is 9.59 Å². The van der Waals surface area contributed by atoms with Crippen LogP contribution in [0.5, 0.6) is 0 Å². The van der Waals surface area contributed by atoms with E-state index in [2.05, 4.69) is 0 Å². The summed E-state index contributed by atoms with van der Waals surface area (Å²) in [6, 6.07) is -2.00. The first-order chi connectivity index (χ1) is 12.6. The number of aliphatic hydroxyl groups is 8. The fraction of sp³-hybridized carbons (Fsp3) is 0.857. The maximum Gasteiger partial charge on any atom is 0.217 e. The number of aliphatic hydroxyl groups excluding tert-OH is 8. The monoisotopic (exact) mass is 384 g/mol. The van der Waals surface area contributed by atoms with Crippen LogP contribution in [0.25, 0.3) is 0 Å². The van der Waals surface area contributed by atoms with Gasteiger partial charge in [0, 0.05) is 8.27 Å². The van der Waals surface area contributed by atoms with Crippen LogP contribution in [0, 0.1) is 0 Å². The average molecular weight is 384 g/mol. The second kappa shape index (κ2) is 9.64. The number of carbonyl (C=O) groups excluding carboxylic acids is 2. The lowest BCUT2D eigenvalue weighted by Gasteiger charge is -2.41. The first kappa shape index (κ1) is 21.1. The average Bonchev–Trinajstić information content (AvgIpc) is 2.67. The van der Waals surface area contributed by atoms with Crippen molar-refractivity contribution in [1.29, 1.82) is 0 Å². The second-order valence-corrected chi connectivity index (χ2v) is 5.93. The van der Waals surface area contributed by atoms with Gasteiger partial charge in [-0.2, -0.15) is 0 Å². The standard InChI is InChI=1S/C14H25NO11/c1-4(18)15-7(10(22)8(20)5(19)2-16)11(23)14-13(25)12(24)9(21)6(3-17)26-14/h5-10,12-14,16-17,19-22,24-25H,2-3H2,1H3,(H,15,18)/t5-,6-,7-,8-,9+,10-,12+,13-,14?/m1/s1/i1D. The van der Waals surface area contributed by atoms with E-state index in [4.69, 9.17) is 16.3 Å². The van der Waals surface area contributed by atoms with Crippen LogP contribution in [0.2, 0.25) is 0 Å². The fourth-order valence-corrected chi connectivity index (χ4v) is 2.54. The summed E-state index contributed by atoms with van der Waals surface area (Å²) < 4.78 is 12.0. The molecular formula is C14H25NO11. The summed E-state index contributed by atoms with van der Waals surface area (Å²) in [4.78, 5) is 24.2. The maximum absolute atomic E-state index is 12.7. The zero-order valence-electron chi connectivity index (χ0n) is 14.6. The normalized spacial score (nSPS) is 34.3. The number of Topliss-reactive ketones (excluding diaryl/α,β-unsaturated/α-hetero) is 1. The number of nitrogens with one attached hydrogen (secondary N) is 1. The molecule has 0 aromatic carbocycles. The second-order valence-electron chi connectivity index (χ2n) is 5.93. The summed E-state index contributed by atoms with van der Waals surface area (Å²) >= 11 is 0. The molecule has 12 heteroatoms. The van der Waals surface area contributed by atoms with Crippen molar-refractivity contribution < 1.29 is 56.5 Å². The minimum absolute atomic E-state index is 0.827. The van der Waals surface area contributed by atoms with Gasteiger partial charge in [0.25, 0.3) is 0 Å². The van der Waals surface area contributed by atoms with Gasteiger partial charge in [0.2, 0.25) is 5.91 Å². The molecule has 26 heavy (non-hydrogen) atoms. The molecule has 0 aliphatic carbocycles. The van der Waals surface area contributed by atoms with Gasteiger partial charge in [-0.1, -0.05) is 0 Å². The first-order valence-electron chi connectivity index (χ1n) is 8.39. The van der Waals surface area contributed by atoms with Crippen molar-refractivity contribution in [2.24, 2.45) is 0 Å². The van der Waals surface area contributed by atoms with E-state index in [1.165, 1.54) is 0 Å². The maximum atomic E-state index is 12.7. The van der Waals surface area contributed by atoms with Crippen LogP contribution < -0.4 is 5.32 Å². The Morgan fingerprint density at radius 2 is 1.69 bits per heavy atom. The van der Waals surface area contributed by atoms with Crippen LogP contribution in [0.15, 0.2) is 0 Å². The summed E-state index contributed by atoms with van der Waals surface area (Å²) in [6.07, 6.45) is -15.2. The summed E-state index contributed by atoms with van der Waals surface area (Å²) in [7, 11) is 0. The third-order valence-electron chi connectivity index (χ3n) is 4.07. The van der Waals surface area contributed by atoms with Crippen LogP contribution >= 0.6 is 0 Å². The lowest BCUT2D eigenvalue weighted by atomic mass is 9.88. The minimum Gasteiger partial charge on any atom is -0.394 e. The van der Waals surface area contributed by atoms with E-state index in [9.17, 15) is 40.2 Å². The SMILES string of the molecule is [2H]CC(=O)N[C@@H](C(=O)C1O[C@H](CO)[C@H](O)[C@H](O)[C@H]1O)[C@@H](O)[C@H](O)[C@H](O)CO. The van der Waals surface area contributed by atoms with Crippen LogP contribution in [0.4, 0.5) is 0 Å². The summed E-state index contributed by atoms with van der Waals surface area (Å²) in [5.74, 6) is -2.31. The van der Waals surface area contributed by atoms with Crippen molar-refractivity contribution in [2.45, 2.75) is 61.8 Å². The van der Waals surface area contributed by atoms with Gasteiger partial charge >= 0.3 is 0 Å². The molecule has 0 aromatic heterocycles. The summed E-state index contributed by atoms with van der Waals surface area (Å²) in [6.45, 7) is -2.66. The van der Waals surface area contributed by atoms with Gasteiger partial charge in [0.1, 0.15) is 54.9 Å². The van der Waals surface area contributed by atoms with Crippen molar-refractivity contribution in [3.8, 4) is 0 Å². The van der Waals surface area contributed by atoms with Crippen molar-refractivity contribution in [3.05, 3.63) is 0 Å². The van der Waals surface area contributed by atoms with Gasteiger partial charge < -0.3 is 50.9 Å². The summed E-state index contributed by atoms with van der Waals surface area (Å²) in [5.41, 5.74) is 0. The smallest absolute Gasteiger partial charge is 0.217 e. The number of ether oxygens (including phenoxy) is 1. The molecule has 0 spiro atoms. The predicted molar refractivity (Wildman–Crippen MR) is 81.5 cm³/mol. The molecule has 152 valence electrons. The third-order valence-corrected chi connectivity index (χ3v) is 4.07. The molecule has 9 N–H and O–H groups in total. The molecule has 1 saturated heterocycles. The van der Waals surface area contributed by atoms with Crippen molar-refractivity contribution >= 4 is 11.7 Å². The van der Waals surface area contributed by atoms with Crippen LogP contribution in [-0.4, -0.2) is 121 Å². The molecule has 1 amide bonds. The Hall–Kier alpha value is -1.22. The van der Waals surface area contributed by atoms with Crippen molar-refractivity contribution in [2.75, 3.05) is 13.2 Å². The van der Waals surface area contributed by atoms with E-state index < -0.39 is 86.7 Å². The first-order valence-corrected chi connectivity index (χ1v) is 7.68. The molecule has 1 aliphatic rings. The van der Waals surface area contributed by atoms with E-state index in [1.807, 2.05) is 5.32 Å². The van der Waals surface area contributed by atoms with Crippen LogP contribution in [0.1, 0.15) is 8.27 Å². The highest BCUT2D eigenvalue weighted by molar-refractivity contribution is 5.92. The zero-order chi connectivity index (χ0) is 20.9. The Morgan fingerprint density at radius 3 is 2.19 bits per heavy atom. The Bertz CT molecular complexity index is 507. The molecule has 0 bridgehead atoms. The Kier molecular flexibility index (Phi) is 7.82. The molecule has 1 unspecified atom stereocenters. The fourth-order valence-electron chi connectivity index (χ4n) is 2.54. The molecule has 0 aromatic rings. The Labute approximate surface area is 149 Å². The van der Waals surface area contributed by atoms with E-state index in [1.54, 1.807) is 0 Å². The van der Waals surface area contributed by atoms with E-state index >= 15 is 0 Å². The molecule has 1 aliphatic heterocycles. The lowest BCUT2D eigenvalue weighted by molar-refractivity contribution is -0.228. The molecule has 9 atom stereocenters. The highest BCUT2D eigenvalue weighted by atomic mass is 16.5. The Balaban J connectivity index is 3.12. The van der Waals surface area contributed by atoms with Gasteiger partial charge in [-0.15, -0.1) is 0 Å². The van der Waals surface area contributed by atoms with Gasteiger partial charge in [-0.05, 0) is 0 Å². The number of hydrogen-bond acceptors (Lipinski definition) is 11. The largest absolute Gasteiger partial charge is 0.394 e. The number of ketones is 1. The summed E-state index contributed by atoms with van der Waals surface area (Å²) in [5, 5.41) is 78.8. The molecule has 1 heterocycles. The third kappa shape index (κ3) is 4.94. The van der Waals surface area contributed by atoms with Gasteiger partial charge in [0.05, 0.1) is 13.2 Å². The minimum atomic E-state index is -2.18. The molecule has 1 rings (SSSR count). The topological polar surface area (TPSA) is 217 Å². The van der Waals surface area contributed by atoms with E-state index in [0.717, 1.165) is 0 Å². The quantitative estimate of drug-likeness (QED) is 0.192. The number of hydrogen-bond donors (Lipinski definition) is 9. The van der Waals surface area contributed by atoms with E-state index in [0.29, 0.717) is 0 Å². The highest BCUT2D eigenvalue weighted by Gasteiger charge is 2.49. The van der Waals surface area contributed by atoms with Crippen molar-refractivity contribution in [3.63, 3.8) is 0 Å². The molecule has 1 fully saturated rings. The number of amides is 1. The molecule has 12 nitrogen and oxygen atoms in total. The van der Waals surface area contributed by atoms with Gasteiger partial charge in [-0.25, -0.2) is 0 Å². The number of carbonyl (C=O) groups is 2. The molecular weight excluding hydrogens is 358 g/mol. The predicted octanol–water partition coefficient (Wildman–Crippen LogP) is -6.02. The van der Waals surface area contributed by atoms with Crippen LogP contribution in [0.3, 0.4) is 0 Å². The van der Waals surface area contributed by atoms with Crippen molar-refractivity contribution in [1.82, 2.24) is 5.32 Å². The van der Waals surface area contributed by atoms with E-state index in [-0.39, 0.29) is 0 Å². The lowest BCUT2D eigenvalue weighted by Crippen LogP contribution is -2.65. The van der Waals surface area contributed by atoms with Gasteiger partial charge in [0.15, 0.2) is 5.78 Å². The number of rotatable bonds is 8. The zero-order valence-corrected chi connectivity index (χ0v) is 13.6. The Morgan fingerprint density at radius 1 is 1.08 bits per heavy atom. The molecule has 0 saturated carbocycles.